The van der Waals surface area contributed by atoms with Gasteiger partial charge in [0.25, 0.3) is 0 Å². The van der Waals surface area contributed by atoms with Gasteiger partial charge in [-0.3, -0.25) is 14.6 Å². The van der Waals surface area contributed by atoms with Gasteiger partial charge in [0.2, 0.25) is 5.91 Å². The lowest BCUT2D eigenvalue weighted by molar-refractivity contribution is -0.117. The quantitative estimate of drug-likeness (QED) is 0.414. The van der Waals surface area contributed by atoms with E-state index in [4.69, 9.17) is 9.84 Å². The number of rotatable bonds is 10. The molecule has 0 radical (unpaired) electrons. The van der Waals surface area contributed by atoms with Crippen LogP contribution in [-0.4, -0.2) is 59.5 Å². The van der Waals surface area contributed by atoms with E-state index in [2.05, 4.69) is 15.1 Å². The number of piperidine rings is 1. The Balaban J connectivity index is 1.26. The minimum Gasteiger partial charge on any atom is -0.478 e. The van der Waals surface area contributed by atoms with Gasteiger partial charge in [-0.1, -0.05) is 36.8 Å². The van der Waals surface area contributed by atoms with Gasteiger partial charge >= 0.3 is 5.97 Å². The molecule has 1 aliphatic heterocycles. The van der Waals surface area contributed by atoms with Crippen LogP contribution in [0.4, 0.5) is 5.69 Å². The highest BCUT2D eigenvalue weighted by Gasteiger charge is 2.24. The monoisotopic (exact) mass is 487 g/mol. The zero-order chi connectivity index (χ0) is 25.3. The Bertz CT molecular complexity index is 1130. The molecule has 1 unspecified atom stereocenters. The van der Waals surface area contributed by atoms with Gasteiger partial charge in [0.1, 0.15) is 11.5 Å². The number of carbonyl (C=O) groups excluding carboxylic acids is 1. The van der Waals surface area contributed by atoms with Gasteiger partial charge < -0.3 is 15.2 Å². The number of ether oxygens (including phenoxy) is 1. The van der Waals surface area contributed by atoms with Gasteiger partial charge in [-0.05, 0) is 80.5 Å². The number of amides is 1. The van der Waals surface area contributed by atoms with Gasteiger partial charge in [0.05, 0.1) is 12.1 Å². The number of hydrogen-bond donors (Lipinski definition) is 2. The Morgan fingerprint density at radius 3 is 2.36 bits per heavy atom. The van der Waals surface area contributed by atoms with Crippen LogP contribution in [0.1, 0.15) is 35.2 Å². The summed E-state index contributed by atoms with van der Waals surface area (Å²) >= 11 is 0. The first-order chi connectivity index (χ1) is 17.5. The molecule has 4 rings (SSSR count). The van der Waals surface area contributed by atoms with Gasteiger partial charge in [-0.2, -0.15) is 0 Å². The van der Waals surface area contributed by atoms with Crippen molar-refractivity contribution in [3.8, 4) is 11.5 Å². The third kappa shape index (κ3) is 7.41. The lowest BCUT2D eigenvalue weighted by Gasteiger charge is -2.37. The molecule has 0 spiro atoms. The fraction of sp³-hybridized carbons (Fsp3) is 0.310. The zero-order valence-electron chi connectivity index (χ0n) is 20.6. The molecular formula is C29H33N3O4. The van der Waals surface area contributed by atoms with E-state index in [9.17, 15) is 9.59 Å². The predicted molar refractivity (Wildman–Crippen MR) is 141 cm³/mol. The first-order valence-electron chi connectivity index (χ1n) is 12.3. The summed E-state index contributed by atoms with van der Waals surface area (Å²) in [5, 5.41) is 12.1. The van der Waals surface area contributed by atoms with E-state index in [1.165, 1.54) is 6.42 Å². The Hall–Kier alpha value is -3.68. The Kier molecular flexibility index (Phi) is 8.71. The van der Waals surface area contributed by atoms with Crippen LogP contribution in [0.15, 0.2) is 78.9 Å². The second-order valence-corrected chi connectivity index (χ2v) is 9.31. The van der Waals surface area contributed by atoms with E-state index < -0.39 is 5.97 Å². The fourth-order valence-corrected chi connectivity index (χ4v) is 4.56. The van der Waals surface area contributed by atoms with Crippen molar-refractivity contribution < 1.29 is 19.4 Å². The Morgan fingerprint density at radius 2 is 1.67 bits per heavy atom. The second kappa shape index (κ2) is 12.3. The standard InChI is InChI=1S/C29H33N3O4/c1-31(20-25-7-5-6-18-32(25)19-22-10-12-23(13-11-22)29(34)35)21-28(33)30-24-14-16-27(17-15-24)36-26-8-3-2-4-9-26/h2-4,8-17,25H,5-7,18-21H2,1H3,(H,30,33)(H,34,35). The van der Waals surface area contributed by atoms with E-state index in [0.29, 0.717) is 23.9 Å². The number of likely N-dealkylation sites (tertiary alicyclic amines) is 1. The number of nitrogens with zero attached hydrogens (tertiary/aromatic N) is 2. The normalized spacial score (nSPS) is 16.0. The third-order valence-corrected chi connectivity index (χ3v) is 6.39. The largest absolute Gasteiger partial charge is 0.478 e. The van der Waals surface area contributed by atoms with Crippen molar-refractivity contribution in [2.24, 2.45) is 0 Å². The molecule has 1 saturated heterocycles. The molecule has 0 aromatic heterocycles. The van der Waals surface area contributed by atoms with E-state index in [1.807, 2.05) is 73.8 Å². The number of nitrogens with one attached hydrogen (secondary N) is 1. The summed E-state index contributed by atoms with van der Waals surface area (Å²) in [6.07, 6.45) is 3.41. The highest BCUT2D eigenvalue weighted by atomic mass is 16.5. The zero-order valence-corrected chi connectivity index (χ0v) is 20.6. The molecule has 1 aliphatic rings. The maximum atomic E-state index is 12.7. The van der Waals surface area contributed by atoms with Crippen LogP contribution in [0, 0.1) is 0 Å². The fourth-order valence-electron chi connectivity index (χ4n) is 4.56. The predicted octanol–water partition coefficient (Wildman–Crippen LogP) is 5.10. The Labute approximate surface area is 212 Å². The summed E-state index contributed by atoms with van der Waals surface area (Å²) in [5.41, 5.74) is 2.14. The Morgan fingerprint density at radius 1 is 0.972 bits per heavy atom. The molecular weight excluding hydrogens is 454 g/mol. The highest BCUT2D eigenvalue weighted by Crippen LogP contribution is 2.23. The molecule has 188 valence electrons. The van der Waals surface area contributed by atoms with Crippen molar-refractivity contribution in [1.82, 2.24) is 9.80 Å². The summed E-state index contributed by atoms with van der Waals surface area (Å²) in [7, 11) is 1.98. The number of benzene rings is 3. The van der Waals surface area contributed by atoms with Gasteiger partial charge in [0, 0.05) is 24.8 Å². The maximum Gasteiger partial charge on any atom is 0.335 e. The van der Waals surface area contributed by atoms with Crippen LogP contribution >= 0.6 is 0 Å². The molecule has 0 aliphatic carbocycles. The first kappa shape index (κ1) is 25.4. The number of likely N-dealkylation sites (N-methyl/N-ethyl adjacent to an activating group) is 1. The number of para-hydroxylation sites is 1. The van der Waals surface area contributed by atoms with Crippen molar-refractivity contribution in [1.29, 1.82) is 0 Å². The second-order valence-electron chi connectivity index (χ2n) is 9.31. The number of aromatic carboxylic acids is 1. The molecule has 1 heterocycles. The molecule has 0 bridgehead atoms. The first-order valence-corrected chi connectivity index (χ1v) is 12.3. The number of carboxylic acid groups (broad SMARTS) is 1. The van der Waals surface area contributed by atoms with E-state index in [1.54, 1.807) is 12.1 Å². The van der Waals surface area contributed by atoms with E-state index in [-0.39, 0.29) is 5.91 Å². The molecule has 7 nitrogen and oxygen atoms in total. The van der Waals surface area contributed by atoms with Crippen LogP contribution in [0.3, 0.4) is 0 Å². The minimum absolute atomic E-state index is 0.0548. The summed E-state index contributed by atoms with van der Waals surface area (Å²) in [4.78, 5) is 28.3. The smallest absolute Gasteiger partial charge is 0.335 e. The molecule has 1 atom stereocenters. The molecule has 1 amide bonds. The highest BCUT2D eigenvalue weighted by molar-refractivity contribution is 5.92. The van der Waals surface area contributed by atoms with E-state index in [0.717, 1.165) is 49.5 Å². The topological polar surface area (TPSA) is 82.1 Å². The van der Waals surface area contributed by atoms with Crippen LogP contribution in [-0.2, 0) is 11.3 Å². The molecule has 1 fully saturated rings. The van der Waals surface area contributed by atoms with Crippen LogP contribution in [0.25, 0.3) is 0 Å². The third-order valence-electron chi connectivity index (χ3n) is 6.39. The number of carbonyl (C=O) groups is 2. The molecule has 3 aromatic rings. The lowest BCUT2D eigenvalue weighted by Crippen LogP contribution is -2.46. The molecule has 3 aromatic carbocycles. The van der Waals surface area contributed by atoms with Gasteiger partial charge in [-0.15, -0.1) is 0 Å². The average molecular weight is 488 g/mol. The van der Waals surface area contributed by atoms with Gasteiger partial charge in [0.15, 0.2) is 0 Å². The lowest BCUT2D eigenvalue weighted by atomic mass is 10.0. The molecule has 2 N–H and O–H groups in total. The van der Waals surface area contributed by atoms with Crippen molar-refractivity contribution >= 4 is 17.6 Å². The van der Waals surface area contributed by atoms with Crippen LogP contribution in [0.2, 0.25) is 0 Å². The minimum atomic E-state index is -0.909. The van der Waals surface area contributed by atoms with Crippen molar-refractivity contribution in [3.05, 3.63) is 90.0 Å². The molecule has 0 saturated carbocycles. The summed E-state index contributed by atoms with van der Waals surface area (Å²) in [6.45, 7) is 2.88. The summed E-state index contributed by atoms with van der Waals surface area (Å²) < 4.78 is 5.80. The summed E-state index contributed by atoms with van der Waals surface area (Å²) in [5.74, 6) is 0.519. The van der Waals surface area contributed by atoms with Crippen molar-refractivity contribution in [2.45, 2.75) is 31.8 Å². The van der Waals surface area contributed by atoms with Crippen LogP contribution < -0.4 is 10.1 Å². The van der Waals surface area contributed by atoms with Crippen molar-refractivity contribution in [2.75, 3.05) is 32.0 Å². The summed E-state index contributed by atoms with van der Waals surface area (Å²) in [6, 6.07) is 24.4. The van der Waals surface area contributed by atoms with Crippen LogP contribution in [0.5, 0.6) is 11.5 Å². The maximum absolute atomic E-state index is 12.7. The van der Waals surface area contributed by atoms with Crippen molar-refractivity contribution in [3.63, 3.8) is 0 Å². The molecule has 7 heteroatoms. The van der Waals surface area contributed by atoms with Gasteiger partial charge in [-0.25, -0.2) is 4.79 Å². The number of anilines is 1. The van der Waals surface area contributed by atoms with E-state index >= 15 is 0 Å². The SMILES string of the molecule is CN(CC(=O)Nc1ccc(Oc2ccccc2)cc1)CC1CCCCN1Cc1ccc(C(=O)O)cc1. The number of carboxylic acids is 1. The number of hydrogen-bond acceptors (Lipinski definition) is 5. The molecule has 36 heavy (non-hydrogen) atoms. The average Bonchev–Trinajstić information content (AvgIpc) is 2.87.